The molecule has 0 radical (unpaired) electrons. The van der Waals surface area contributed by atoms with E-state index in [1.807, 2.05) is 0 Å². The molecule has 0 aromatic carbocycles. The lowest BCUT2D eigenvalue weighted by Gasteiger charge is -2.28. The summed E-state index contributed by atoms with van der Waals surface area (Å²) in [6, 6.07) is 1.05. The molecule has 1 unspecified atom stereocenters. The van der Waals surface area contributed by atoms with Crippen LogP contribution >= 0.6 is 20.0 Å². The molecule has 1 aliphatic rings. The zero-order valence-corrected chi connectivity index (χ0v) is 24.6. The normalized spacial score (nSPS) is 24.6. The van der Waals surface area contributed by atoms with Gasteiger partial charge < -0.3 is 33.9 Å². The Hall–Kier alpha value is -2.37. The number of phosphoric acid groups is 1. The van der Waals surface area contributed by atoms with Crippen molar-refractivity contribution in [3.8, 4) is 0 Å². The zero-order chi connectivity index (χ0) is 32.3. The van der Waals surface area contributed by atoms with Crippen LogP contribution in [0.1, 0.15) is 57.4 Å². The molecule has 16 nitrogen and oxygen atoms in total. The minimum atomic E-state index is -5.17. The predicted octanol–water partition coefficient (Wildman–Crippen LogP) is 2.89. The number of ether oxygens (including phenoxy) is 5. The molecule has 228 valence electrons. The molecule has 0 aliphatic carbocycles. The van der Waals surface area contributed by atoms with Crippen molar-refractivity contribution in [3.63, 3.8) is 0 Å². The Morgan fingerprint density at radius 3 is 2.08 bits per heavy atom. The number of aliphatic hydroxyl groups excluding tert-OH is 1. The highest BCUT2D eigenvalue weighted by Gasteiger charge is 2.53. The molecule has 3 N–H and O–H groups in total. The van der Waals surface area contributed by atoms with Gasteiger partial charge in [0.05, 0.1) is 9.30 Å². The van der Waals surface area contributed by atoms with E-state index < -0.39 is 81.1 Å². The van der Waals surface area contributed by atoms with Crippen LogP contribution in [-0.2, 0) is 41.8 Å². The molecule has 1 aromatic heterocycles. The number of rotatable bonds is 10. The van der Waals surface area contributed by atoms with Gasteiger partial charge in [-0.1, -0.05) is 0 Å². The molecule has 0 bridgehead atoms. The second-order valence-electron chi connectivity index (χ2n) is 10.5. The SMILES string of the molecule is [2H]C([2H])(OP(=O)(OCOC(=O)OC(C)(C)C)OCOC(=O)OC(C)(C)C)[C@H]1O[C@@H](n2ccc(=O)[nH]c2=S)C(C)(O)[C@H]1O. The van der Waals surface area contributed by atoms with E-state index in [-0.39, 0.29) is 4.77 Å². The fourth-order valence-electron chi connectivity index (χ4n) is 2.90. The number of carbonyl (C=O) groups excluding carboxylic acids is 2. The van der Waals surface area contributed by atoms with Gasteiger partial charge in [0.15, 0.2) is 11.0 Å². The van der Waals surface area contributed by atoms with Gasteiger partial charge in [0.1, 0.15) is 29.0 Å². The van der Waals surface area contributed by atoms with Crippen LogP contribution in [0.15, 0.2) is 17.1 Å². The number of H-pyrrole nitrogens is 1. The molecule has 0 spiro atoms. The van der Waals surface area contributed by atoms with Gasteiger partial charge in [0.2, 0.25) is 13.6 Å². The maximum atomic E-state index is 13.4. The molecule has 1 aliphatic heterocycles. The molecule has 4 atom stereocenters. The van der Waals surface area contributed by atoms with E-state index in [4.69, 9.17) is 42.7 Å². The van der Waals surface area contributed by atoms with Crippen LogP contribution in [0.4, 0.5) is 9.59 Å². The van der Waals surface area contributed by atoms with E-state index in [0.29, 0.717) is 0 Å². The Kier molecular flexibility index (Phi) is 10.00. The molecule has 2 rings (SSSR count). The molecule has 1 saturated heterocycles. The van der Waals surface area contributed by atoms with Crippen molar-refractivity contribution in [1.29, 1.82) is 0 Å². The molecule has 40 heavy (non-hydrogen) atoms. The first-order chi connectivity index (χ1) is 19.0. The fourth-order valence-corrected chi connectivity index (χ4v) is 3.93. The van der Waals surface area contributed by atoms with Gasteiger partial charge in [-0.05, 0) is 60.7 Å². The van der Waals surface area contributed by atoms with Crippen molar-refractivity contribution in [3.05, 3.63) is 27.4 Å². The highest BCUT2D eigenvalue weighted by Crippen LogP contribution is 2.50. The van der Waals surface area contributed by atoms with Crippen molar-refractivity contribution in [2.75, 3.05) is 20.1 Å². The van der Waals surface area contributed by atoms with Crippen molar-refractivity contribution >= 4 is 32.4 Å². The molecule has 0 amide bonds. The van der Waals surface area contributed by atoms with E-state index in [9.17, 15) is 29.2 Å². The molecular weight excluding hydrogens is 579 g/mol. The van der Waals surface area contributed by atoms with Crippen molar-refractivity contribution in [1.82, 2.24) is 9.55 Å². The van der Waals surface area contributed by atoms with Crippen molar-refractivity contribution in [2.45, 2.75) is 83.7 Å². The second-order valence-corrected chi connectivity index (χ2v) is 12.4. The molecule has 2 heterocycles. The number of aromatic nitrogens is 2. The number of hydrogen-bond acceptors (Lipinski definition) is 15. The number of phosphoric ester groups is 1. The molecule has 1 aromatic rings. The molecule has 0 saturated carbocycles. The van der Waals surface area contributed by atoms with Gasteiger partial charge >= 0.3 is 20.1 Å². The van der Waals surface area contributed by atoms with Crippen LogP contribution in [0, 0.1) is 4.77 Å². The van der Waals surface area contributed by atoms with Crippen molar-refractivity contribution < 1.29 is 64.4 Å². The Bertz CT molecular complexity index is 1250. The number of carbonyl (C=O) groups is 2. The monoisotopic (exact) mass is 616 g/mol. The maximum Gasteiger partial charge on any atom is 0.510 e. The van der Waals surface area contributed by atoms with Crippen LogP contribution in [0.3, 0.4) is 0 Å². The summed E-state index contributed by atoms with van der Waals surface area (Å²) in [5, 5.41) is 21.7. The smallest absolute Gasteiger partial charge is 0.429 e. The summed E-state index contributed by atoms with van der Waals surface area (Å²) in [6.45, 7) is 4.82. The van der Waals surface area contributed by atoms with Gasteiger partial charge in [-0.2, -0.15) is 0 Å². The van der Waals surface area contributed by atoms with E-state index >= 15 is 0 Å². The van der Waals surface area contributed by atoms with Crippen LogP contribution in [0.5, 0.6) is 0 Å². The highest BCUT2D eigenvalue weighted by molar-refractivity contribution is 7.71. The van der Waals surface area contributed by atoms with E-state index in [1.54, 1.807) is 41.5 Å². The third-order valence-electron chi connectivity index (χ3n) is 4.60. The lowest BCUT2D eigenvalue weighted by atomic mass is 9.96. The zero-order valence-electron chi connectivity index (χ0n) is 24.9. The largest absolute Gasteiger partial charge is 0.510 e. The third kappa shape index (κ3) is 10.2. The molecule has 1 fully saturated rings. The third-order valence-corrected chi connectivity index (χ3v) is 6.08. The Balaban J connectivity index is 2.26. The van der Waals surface area contributed by atoms with E-state index in [1.165, 1.54) is 0 Å². The number of nitrogens with zero attached hydrogens (tertiary/aromatic N) is 1. The van der Waals surface area contributed by atoms with Crippen molar-refractivity contribution in [2.24, 2.45) is 0 Å². The van der Waals surface area contributed by atoms with E-state index in [2.05, 4.69) is 14.5 Å². The summed E-state index contributed by atoms with van der Waals surface area (Å²) < 4.78 is 70.4. The topological polar surface area (TPSA) is 203 Å². The summed E-state index contributed by atoms with van der Waals surface area (Å²) in [5.41, 5.74) is -4.71. The summed E-state index contributed by atoms with van der Waals surface area (Å²) in [6.07, 6.45) is -7.03. The Morgan fingerprint density at radius 1 is 1.12 bits per heavy atom. The summed E-state index contributed by atoms with van der Waals surface area (Å²) in [5.74, 6) is 0. The second kappa shape index (κ2) is 13.1. The molecule has 18 heteroatoms. The van der Waals surface area contributed by atoms with Crippen LogP contribution < -0.4 is 5.56 Å². The average molecular weight is 617 g/mol. The predicted molar refractivity (Wildman–Crippen MR) is 137 cm³/mol. The van der Waals surface area contributed by atoms with Gasteiger partial charge in [-0.3, -0.25) is 18.9 Å². The minimum absolute atomic E-state index is 0.224. The van der Waals surface area contributed by atoms with Gasteiger partial charge in [0, 0.05) is 12.3 Å². The summed E-state index contributed by atoms with van der Waals surface area (Å²) in [4.78, 5) is 37.5. The standard InChI is InChI=1S/C22H35N2O14PS/c1-20(2,3)37-18(27)31-11-34-39(30,35-12-32-19(28)38-21(4,5)6)33-10-13-15(26)22(7,29)16(36-13)24-9-8-14(25)23-17(24)40/h8-9,13,15-16,26,29H,10-12H2,1-7H3,(H,23,25,40)/t13-,15+,16-,22?/m1/s1/i10D2. The summed E-state index contributed by atoms with van der Waals surface area (Å²) in [7, 11) is -5.17. The highest BCUT2D eigenvalue weighted by atomic mass is 32.1. The van der Waals surface area contributed by atoms with Crippen LogP contribution in [-0.4, -0.2) is 81.2 Å². The minimum Gasteiger partial charge on any atom is -0.429 e. The Labute approximate surface area is 237 Å². The number of nitrogens with one attached hydrogen (secondary N) is 1. The number of aliphatic hydroxyl groups is 2. The average Bonchev–Trinajstić information content (AvgIpc) is 3.00. The first-order valence-electron chi connectivity index (χ1n) is 12.6. The first-order valence-corrected chi connectivity index (χ1v) is 13.5. The van der Waals surface area contributed by atoms with Crippen LogP contribution in [0.25, 0.3) is 0 Å². The fraction of sp³-hybridized carbons (Fsp3) is 0.727. The number of hydrogen-bond donors (Lipinski definition) is 3. The quantitative estimate of drug-likeness (QED) is 0.150. The van der Waals surface area contributed by atoms with Gasteiger partial charge in [0.25, 0.3) is 5.56 Å². The summed E-state index contributed by atoms with van der Waals surface area (Å²) >= 11 is 5.06. The number of aromatic amines is 1. The van der Waals surface area contributed by atoms with Crippen LogP contribution in [0.2, 0.25) is 0 Å². The first kappa shape index (κ1) is 30.6. The van der Waals surface area contributed by atoms with E-state index in [0.717, 1.165) is 23.8 Å². The Morgan fingerprint density at radius 2 is 1.62 bits per heavy atom. The maximum absolute atomic E-state index is 13.4. The lowest BCUT2D eigenvalue weighted by molar-refractivity contribution is -0.0986. The van der Waals surface area contributed by atoms with Gasteiger partial charge in [-0.25, -0.2) is 23.2 Å². The van der Waals surface area contributed by atoms with Gasteiger partial charge in [-0.15, -0.1) is 0 Å². The lowest BCUT2D eigenvalue weighted by Crippen LogP contribution is -2.44. The molecular formula is C22H35N2O14PS.